The first kappa shape index (κ1) is 21.8. The molecule has 0 aliphatic heterocycles. The number of hydrogen-bond donors (Lipinski definition) is 0. The van der Waals surface area contributed by atoms with Gasteiger partial charge in [-0.15, -0.1) is 0 Å². The van der Waals surface area contributed by atoms with Gasteiger partial charge in [-0.05, 0) is 0 Å². The molecule has 0 saturated heterocycles. The van der Waals surface area contributed by atoms with E-state index in [9.17, 15) is 18.0 Å². The SMILES string of the molecule is CCOC(=O)/C=C\C(=C/C1CCCCC1)C[Se]c1ccc(C(F)(F)F)cc1. The van der Waals surface area contributed by atoms with Crippen LogP contribution in [0.3, 0.4) is 0 Å². The van der Waals surface area contributed by atoms with E-state index in [1.165, 1.54) is 25.3 Å². The minimum atomic E-state index is -4.31. The molecule has 0 N–H and O–H groups in total. The van der Waals surface area contributed by atoms with Crippen molar-refractivity contribution in [1.29, 1.82) is 0 Å². The van der Waals surface area contributed by atoms with Gasteiger partial charge in [-0.1, -0.05) is 0 Å². The summed E-state index contributed by atoms with van der Waals surface area (Å²) in [4.78, 5) is 11.6. The predicted molar refractivity (Wildman–Crippen MR) is 102 cm³/mol. The Morgan fingerprint density at radius 2 is 1.81 bits per heavy atom. The standard InChI is InChI=1S/C21H25F3O2Se/c1-2-26-20(25)13-8-17(14-16-6-4-3-5-7-16)15-27-19-11-9-18(10-12-19)21(22,23)24/h8-14,16H,2-7,15H2,1H3/b13-8-,17-14+. The van der Waals surface area contributed by atoms with Crippen LogP contribution in [0, 0.1) is 5.92 Å². The van der Waals surface area contributed by atoms with E-state index in [-0.39, 0.29) is 20.9 Å². The van der Waals surface area contributed by atoms with Crippen LogP contribution >= 0.6 is 0 Å². The molecule has 6 heteroatoms. The fourth-order valence-corrected chi connectivity index (χ4v) is 4.82. The molecule has 0 bridgehead atoms. The van der Waals surface area contributed by atoms with Crippen molar-refractivity contribution in [2.45, 2.75) is 50.5 Å². The monoisotopic (exact) mass is 446 g/mol. The molecule has 0 aromatic heterocycles. The first-order valence-electron chi connectivity index (χ1n) is 9.24. The third-order valence-corrected chi connectivity index (χ3v) is 6.68. The number of carbonyl (C=O) groups is 1. The van der Waals surface area contributed by atoms with E-state index < -0.39 is 11.7 Å². The van der Waals surface area contributed by atoms with Crippen LogP contribution in [-0.2, 0) is 15.7 Å². The molecule has 1 aromatic rings. The third-order valence-electron chi connectivity index (χ3n) is 4.41. The van der Waals surface area contributed by atoms with Crippen molar-refractivity contribution in [2.75, 3.05) is 6.61 Å². The van der Waals surface area contributed by atoms with Crippen LogP contribution in [0.2, 0.25) is 5.32 Å². The van der Waals surface area contributed by atoms with Crippen LogP contribution in [0.25, 0.3) is 0 Å². The summed E-state index contributed by atoms with van der Waals surface area (Å²) in [5.41, 5.74) is 0.442. The number of hydrogen-bond acceptors (Lipinski definition) is 2. The zero-order valence-corrected chi connectivity index (χ0v) is 17.1. The second kappa shape index (κ2) is 10.7. The van der Waals surface area contributed by atoms with Crippen LogP contribution < -0.4 is 4.46 Å². The summed E-state index contributed by atoms with van der Waals surface area (Å²) >= 11 is 0.00360. The van der Waals surface area contributed by atoms with Crippen molar-refractivity contribution in [2.24, 2.45) is 5.92 Å². The van der Waals surface area contributed by atoms with Crippen molar-refractivity contribution < 1.29 is 22.7 Å². The summed E-state index contributed by atoms with van der Waals surface area (Å²) in [7, 11) is 0. The summed E-state index contributed by atoms with van der Waals surface area (Å²) in [5.74, 6) is 0.151. The Labute approximate surface area is 165 Å². The maximum atomic E-state index is 12.7. The van der Waals surface area contributed by atoms with E-state index in [0.717, 1.165) is 40.3 Å². The molecule has 1 aliphatic carbocycles. The van der Waals surface area contributed by atoms with Crippen molar-refractivity contribution in [3.8, 4) is 0 Å². The van der Waals surface area contributed by atoms with Gasteiger partial charge in [0.25, 0.3) is 0 Å². The molecule has 0 heterocycles. The summed E-state index contributed by atoms with van der Waals surface area (Å²) in [6.45, 7) is 2.10. The molecule has 1 aliphatic rings. The molecule has 27 heavy (non-hydrogen) atoms. The Kier molecular flexibility index (Phi) is 8.65. The van der Waals surface area contributed by atoms with Crippen molar-refractivity contribution in [1.82, 2.24) is 0 Å². The molecule has 148 valence electrons. The number of alkyl halides is 3. The molecule has 2 nitrogen and oxygen atoms in total. The number of ether oxygens (including phenoxy) is 1. The topological polar surface area (TPSA) is 26.3 Å². The van der Waals surface area contributed by atoms with E-state index in [1.54, 1.807) is 25.1 Å². The molecule has 1 saturated carbocycles. The average molecular weight is 445 g/mol. The van der Waals surface area contributed by atoms with Gasteiger partial charge >= 0.3 is 165 Å². The van der Waals surface area contributed by atoms with Gasteiger partial charge in [0.15, 0.2) is 0 Å². The first-order valence-corrected chi connectivity index (χ1v) is 11.3. The fraction of sp³-hybridized carbons (Fsp3) is 0.476. The Morgan fingerprint density at radius 1 is 1.15 bits per heavy atom. The van der Waals surface area contributed by atoms with Gasteiger partial charge < -0.3 is 0 Å². The van der Waals surface area contributed by atoms with Crippen LogP contribution in [0.4, 0.5) is 13.2 Å². The van der Waals surface area contributed by atoms with Crippen molar-refractivity contribution in [3.05, 3.63) is 53.6 Å². The fourth-order valence-electron chi connectivity index (χ4n) is 3.03. The normalized spacial score (nSPS) is 16.7. The molecule has 1 aromatic carbocycles. The number of benzene rings is 1. The average Bonchev–Trinajstić information content (AvgIpc) is 2.64. The van der Waals surface area contributed by atoms with Gasteiger partial charge in [0.1, 0.15) is 0 Å². The van der Waals surface area contributed by atoms with Gasteiger partial charge in [-0.2, -0.15) is 0 Å². The Morgan fingerprint density at radius 3 is 2.41 bits per heavy atom. The number of esters is 1. The zero-order valence-electron chi connectivity index (χ0n) is 15.4. The van der Waals surface area contributed by atoms with E-state index in [2.05, 4.69) is 6.08 Å². The quantitative estimate of drug-likeness (QED) is 0.253. The van der Waals surface area contributed by atoms with Gasteiger partial charge in [0.2, 0.25) is 0 Å². The summed E-state index contributed by atoms with van der Waals surface area (Å²) < 4.78 is 43.9. The number of carbonyl (C=O) groups excluding carboxylic acids is 1. The van der Waals surface area contributed by atoms with Crippen molar-refractivity contribution >= 4 is 25.4 Å². The first-order chi connectivity index (χ1) is 12.9. The Balaban J connectivity index is 2.04. The molecule has 0 atom stereocenters. The second-order valence-corrected chi connectivity index (χ2v) is 8.74. The Bertz CT molecular complexity index is 657. The van der Waals surface area contributed by atoms with Crippen LogP contribution in [0.5, 0.6) is 0 Å². The number of halogens is 3. The van der Waals surface area contributed by atoms with Gasteiger partial charge in [-0.25, -0.2) is 0 Å². The number of rotatable bonds is 7. The summed E-state index contributed by atoms with van der Waals surface area (Å²) in [6.07, 6.45) is 7.21. The third kappa shape index (κ3) is 7.94. The van der Waals surface area contributed by atoms with Crippen LogP contribution in [0.15, 0.2) is 48.1 Å². The van der Waals surface area contributed by atoms with Crippen LogP contribution in [0.1, 0.15) is 44.6 Å². The molecular formula is C21H25F3O2Se. The minimum absolute atomic E-state index is 0.00360. The van der Waals surface area contributed by atoms with Gasteiger partial charge in [0.05, 0.1) is 0 Å². The molecule has 0 amide bonds. The van der Waals surface area contributed by atoms with Gasteiger partial charge in [0, 0.05) is 0 Å². The summed E-state index contributed by atoms with van der Waals surface area (Å²) in [6, 6.07) is 5.37. The maximum absolute atomic E-state index is 12.7. The number of allylic oxidation sites excluding steroid dienone is 3. The van der Waals surface area contributed by atoms with E-state index in [4.69, 9.17) is 4.74 Å². The van der Waals surface area contributed by atoms with Crippen molar-refractivity contribution in [3.63, 3.8) is 0 Å². The molecular weight excluding hydrogens is 420 g/mol. The summed E-state index contributed by atoms with van der Waals surface area (Å²) in [5, 5.41) is 0.741. The second-order valence-electron chi connectivity index (χ2n) is 6.54. The van der Waals surface area contributed by atoms with Crippen LogP contribution in [-0.4, -0.2) is 27.5 Å². The van der Waals surface area contributed by atoms with E-state index in [0.29, 0.717) is 12.5 Å². The molecule has 0 radical (unpaired) electrons. The zero-order chi connectivity index (χ0) is 19.7. The van der Waals surface area contributed by atoms with E-state index >= 15 is 0 Å². The molecule has 0 spiro atoms. The van der Waals surface area contributed by atoms with E-state index in [1.807, 2.05) is 0 Å². The van der Waals surface area contributed by atoms with Gasteiger partial charge in [-0.3, -0.25) is 0 Å². The predicted octanol–water partition coefficient (Wildman–Crippen LogP) is 5.08. The Hall–Kier alpha value is -1.52. The molecule has 1 fully saturated rings. The molecule has 2 rings (SSSR count). The molecule has 0 unspecified atom stereocenters.